The van der Waals surface area contributed by atoms with E-state index in [0.29, 0.717) is 0 Å². The molecule has 0 amide bonds. The molecule has 0 radical (unpaired) electrons. The van der Waals surface area contributed by atoms with Crippen molar-refractivity contribution < 1.29 is 12.6 Å². The molecule has 0 aromatic rings. The van der Waals surface area contributed by atoms with Gasteiger partial charge >= 0.3 is 0 Å². The summed E-state index contributed by atoms with van der Waals surface area (Å²) in [5.41, 5.74) is -0.348. The highest BCUT2D eigenvalue weighted by molar-refractivity contribution is 7.88. The van der Waals surface area contributed by atoms with E-state index in [0.717, 1.165) is 12.8 Å². The van der Waals surface area contributed by atoms with Crippen LogP contribution in [0.15, 0.2) is 0 Å². The first-order valence-corrected chi connectivity index (χ1v) is 5.05. The van der Waals surface area contributed by atoms with Gasteiger partial charge in [-0.15, -0.1) is 0 Å². The Labute approximate surface area is 61.5 Å². The van der Waals surface area contributed by atoms with Gasteiger partial charge in [-0.3, -0.25) is 4.18 Å². The minimum absolute atomic E-state index is 0.201. The molecule has 10 heavy (non-hydrogen) atoms. The molecule has 0 aliphatic carbocycles. The lowest BCUT2D eigenvalue weighted by atomic mass is 10.0. The first-order chi connectivity index (χ1) is 4.54. The first kappa shape index (κ1) is 8.01. The lowest BCUT2D eigenvalue weighted by Gasteiger charge is -2.38. The van der Waals surface area contributed by atoms with E-state index < -0.39 is 10.1 Å². The number of rotatable bonds is 2. The lowest BCUT2D eigenvalue weighted by molar-refractivity contribution is 0.0459. The smallest absolute Gasteiger partial charge is 0.262 e. The van der Waals surface area contributed by atoms with Gasteiger partial charge in [-0.1, -0.05) is 13.8 Å². The van der Waals surface area contributed by atoms with Crippen LogP contribution in [0.1, 0.15) is 26.7 Å². The second kappa shape index (κ2) is 2.20. The molecular formula is C6H12O3S. The van der Waals surface area contributed by atoms with Crippen molar-refractivity contribution in [3.8, 4) is 0 Å². The predicted molar refractivity (Wildman–Crippen MR) is 38.2 cm³/mol. The average Bonchev–Trinajstić information content (AvgIpc) is 1.82. The summed E-state index contributed by atoms with van der Waals surface area (Å²) in [5.74, 6) is 0.201. The van der Waals surface area contributed by atoms with E-state index in [4.69, 9.17) is 4.18 Å². The summed E-state index contributed by atoms with van der Waals surface area (Å²) in [5, 5.41) is 0. The van der Waals surface area contributed by atoms with Crippen molar-refractivity contribution in [3.05, 3.63) is 0 Å². The molecule has 0 saturated carbocycles. The molecule has 1 aliphatic rings. The van der Waals surface area contributed by atoms with Gasteiger partial charge in [0.15, 0.2) is 0 Å². The largest absolute Gasteiger partial charge is 0.270 e. The van der Waals surface area contributed by atoms with Crippen LogP contribution in [0.5, 0.6) is 0 Å². The van der Waals surface area contributed by atoms with Crippen molar-refractivity contribution in [3.63, 3.8) is 0 Å². The predicted octanol–water partition coefficient (Wildman–Crippen LogP) is 0.905. The zero-order valence-corrected chi connectivity index (χ0v) is 7.07. The van der Waals surface area contributed by atoms with Crippen LogP contribution in [0, 0.1) is 0 Å². The van der Waals surface area contributed by atoms with Crippen molar-refractivity contribution in [1.29, 1.82) is 0 Å². The summed E-state index contributed by atoms with van der Waals surface area (Å²) < 4.78 is 26.0. The van der Waals surface area contributed by atoms with E-state index in [9.17, 15) is 8.42 Å². The molecule has 4 heteroatoms. The molecule has 1 rings (SSSR count). The molecule has 1 aliphatic heterocycles. The molecule has 0 aromatic heterocycles. The monoisotopic (exact) mass is 164 g/mol. The Morgan fingerprint density at radius 2 is 1.80 bits per heavy atom. The van der Waals surface area contributed by atoms with Crippen molar-refractivity contribution >= 4 is 10.1 Å². The van der Waals surface area contributed by atoms with Crippen molar-refractivity contribution in [2.45, 2.75) is 32.3 Å². The Bertz CT molecular complexity index is 199. The standard InChI is InChI=1S/C6H12O3S/c1-3-6(4-2)5-10(7,8)9-6/h3-5H2,1-2H3. The maximum absolute atomic E-state index is 10.6. The summed E-state index contributed by atoms with van der Waals surface area (Å²) >= 11 is 0. The molecule has 0 aromatic carbocycles. The third-order valence-electron chi connectivity index (χ3n) is 2.03. The normalized spacial score (nSPS) is 27.4. The third kappa shape index (κ3) is 1.18. The van der Waals surface area contributed by atoms with Crippen molar-refractivity contribution in [2.24, 2.45) is 0 Å². The molecule has 0 unspecified atom stereocenters. The van der Waals surface area contributed by atoms with Gasteiger partial charge < -0.3 is 0 Å². The van der Waals surface area contributed by atoms with E-state index in [1.807, 2.05) is 13.8 Å². The van der Waals surface area contributed by atoms with E-state index >= 15 is 0 Å². The zero-order chi connectivity index (χ0) is 7.83. The average molecular weight is 164 g/mol. The minimum Gasteiger partial charge on any atom is -0.262 e. The highest BCUT2D eigenvalue weighted by atomic mass is 32.2. The second-order valence-corrected chi connectivity index (χ2v) is 4.25. The van der Waals surface area contributed by atoms with Crippen LogP contribution >= 0.6 is 0 Å². The van der Waals surface area contributed by atoms with Gasteiger partial charge in [0.25, 0.3) is 10.1 Å². The van der Waals surface area contributed by atoms with Gasteiger partial charge in [0, 0.05) is 0 Å². The summed E-state index contributed by atoms with van der Waals surface area (Å²) in [6.45, 7) is 3.89. The summed E-state index contributed by atoms with van der Waals surface area (Å²) in [4.78, 5) is 0. The first-order valence-electron chi connectivity index (χ1n) is 3.47. The van der Waals surface area contributed by atoms with Gasteiger partial charge in [0.1, 0.15) is 11.4 Å². The SMILES string of the molecule is CCC1(CC)CS(=O)(=O)O1. The Balaban J connectivity index is 2.63. The Morgan fingerprint density at radius 3 is 1.90 bits per heavy atom. The summed E-state index contributed by atoms with van der Waals surface area (Å²) in [6, 6.07) is 0. The van der Waals surface area contributed by atoms with Crippen LogP contribution in [0.4, 0.5) is 0 Å². The molecule has 0 spiro atoms. The third-order valence-corrected chi connectivity index (χ3v) is 3.52. The molecule has 1 heterocycles. The van der Waals surface area contributed by atoms with Crippen LogP contribution in [0.25, 0.3) is 0 Å². The van der Waals surface area contributed by atoms with E-state index in [-0.39, 0.29) is 11.4 Å². The highest BCUT2D eigenvalue weighted by Crippen LogP contribution is 2.34. The fourth-order valence-corrected chi connectivity index (χ4v) is 2.97. The molecular weight excluding hydrogens is 152 g/mol. The van der Waals surface area contributed by atoms with Crippen LogP contribution in [0.2, 0.25) is 0 Å². The van der Waals surface area contributed by atoms with Gasteiger partial charge in [0.2, 0.25) is 0 Å². The van der Waals surface area contributed by atoms with Crippen LogP contribution < -0.4 is 0 Å². The second-order valence-electron chi connectivity index (χ2n) is 2.68. The molecule has 3 nitrogen and oxygen atoms in total. The molecule has 1 saturated heterocycles. The van der Waals surface area contributed by atoms with Gasteiger partial charge in [0.05, 0.1) is 0 Å². The fourth-order valence-electron chi connectivity index (χ4n) is 1.16. The Hall–Kier alpha value is -0.0900. The topological polar surface area (TPSA) is 43.4 Å². The van der Waals surface area contributed by atoms with Gasteiger partial charge in [-0.2, -0.15) is 8.42 Å². The Kier molecular flexibility index (Phi) is 1.76. The maximum atomic E-state index is 10.6. The van der Waals surface area contributed by atoms with Gasteiger partial charge in [-0.25, -0.2) is 0 Å². The zero-order valence-electron chi connectivity index (χ0n) is 6.25. The lowest BCUT2D eigenvalue weighted by Crippen LogP contribution is -2.51. The molecule has 0 bridgehead atoms. The van der Waals surface area contributed by atoms with E-state index in [1.165, 1.54) is 0 Å². The van der Waals surface area contributed by atoms with Crippen molar-refractivity contribution in [2.75, 3.05) is 5.75 Å². The van der Waals surface area contributed by atoms with Gasteiger partial charge in [-0.05, 0) is 12.8 Å². The van der Waals surface area contributed by atoms with Crippen LogP contribution in [-0.2, 0) is 14.3 Å². The summed E-state index contributed by atoms with van der Waals surface area (Å²) in [7, 11) is -3.11. The minimum atomic E-state index is -3.11. The number of hydrogen-bond acceptors (Lipinski definition) is 3. The maximum Gasteiger partial charge on any atom is 0.270 e. The molecule has 0 N–H and O–H groups in total. The quantitative estimate of drug-likeness (QED) is 0.570. The fraction of sp³-hybridized carbons (Fsp3) is 1.00. The highest BCUT2D eigenvalue weighted by Gasteiger charge is 2.47. The van der Waals surface area contributed by atoms with Crippen LogP contribution in [-0.4, -0.2) is 19.8 Å². The van der Waals surface area contributed by atoms with Crippen molar-refractivity contribution in [1.82, 2.24) is 0 Å². The molecule has 1 fully saturated rings. The molecule has 60 valence electrons. The Morgan fingerprint density at radius 1 is 1.40 bits per heavy atom. The number of hydrogen-bond donors (Lipinski definition) is 0. The molecule has 0 atom stereocenters. The van der Waals surface area contributed by atoms with E-state index in [2.05, 4.69) is 0 Å². The van der Waals surface area contributed by atoms with Crippen LogP contribution in [0.3, 0.4) is 0 Å². The summed E-state index contributed by atoms with van der Waals surface area (Å²) in [6.07, 6.45) is 1.56. The van der Waals surface area contributed by atoms with E-state index in [1.54, 1.807) is 0 Å².